The van der Waals surface area contributed by atoms with Crippen molar-refractivity contribution in [1.82, 2.24) is 14.9 Å². The number of rotatable bonds is 5. The number of thiophene rings is 1. The number of aromatic nitrogens is 2. The lowest BCUT2D eigenvalue weighted by Gasteiger charge is -2.36. The van der Waals surface area contributed by atoms with Gasteiger partial charge in [0.2, 0.25) is 5.91 Å². The highest BCUT2D eigenvalue weighted by Crippen LogP contribution is 2.29. The van der Waals surface area contributed by atoms with Gasteiger partial charge in [0, 0.05) is 44.0 Å². The molecule has 1 aliphatic heterocycles. The van der Waals surface area contributed by atoms with E-state index < -0.39 is 4.92 Å². The highest BCUT2D eigenvalue weighted by atomic mass is 32.2. The number of nitro groups is 1. The third-order valence-corrected chi connectivity index (χ3v) is 6.61. The van der Waals surface area contributed by atoms with E-state index in [2.05, 4.69) is 14.9 Å². The first-order valence-electron chi connectivity index (χ1n) is 8.70. The minimum atomic E-state index is -0.403. The SMILES string of the molecule is O=C(CSc1ncnc2ccsc12)N1CCN(c2ccc([N+](=O)[O-])cc2)CC1. The second-order valence-corrected chi connectivity index (χ2v) is 8.12. The van der Waals surface area contributed by atoms with Gasteiger partial charge in [0.1, 0.15) is 11.4 Å². The minimum Gasteiger partial charge on any atom is -0.368 e. The Morgan fingerprint density at radius 1 is 1.14 bits per heavy atom. The van der Waals surface area contributed by atoms with Crippen molar-refractivity contribution < 1.29 is 9.72 Å². The Morgan fingerprint density at radius 3 is 2.61 bits per heavy atom. The van der Waals surface area contributed by atoms with Gasteiger partial charge in [0.05, 0.1) is 20.9 Å². The van der Waals surface area contributed by atoms with Crippen LogP contribution in [0.15, 0.2) is 47.1 Å². The molecular weight excluding hydrogens is 398 g/mol. The van der Waals surface area contributed by atoms with Gasteiger partial charge in [-0.1, -0.05) is 11.8 Å². The normalized spacial score (nSPS) is 14.4. The van der Waals surface area contributed by atoms with E-state index in [-0.39, 0.29) is 11.6 Å². The molecule has 1 saturated heterocycles. The fourth-order valence-corrected chi connectivity index (χ4v) is 4.94. The first kappa shape index (κ1) is 18.6. The van der Waals surface area contributed by atoms with Gasteiger partial charge in [0.15, 0.2) is 0 Å². The van der Waals surface area contributed by atoms with Crippen molar-refractivity contribution in [2.75, 3.05) is 36.8 Å². The van der Waals surface area contributed by atoms with Gasteiger partial charge in [-0.05, 0) is 23.6 Å². The zero-order valence-electron chi connectivity index (χ0n) is 14.9. The van der Waals surface area contributed by atoms with Crippen LogP contribution in [0.2, 0.25) is 0 Å². The predicted molar refractivity (Wildman–Crippen MR) is 110 cm³/mol. The molecule has 0 bridgehead atoms. The van der Waals surface area contributed by atoms with Crippen LogP contribution in [-0.4, -0.2) is 57.6 Å². The quantitative estimate of drug-likeness (QED) is 0.274. The average Bonchev–Trinajstić information content (AvgIpc) is 3.21. The Morgan fingerprint density at radius 2 is 1.89 bits per heavy atom. The largest absolute Gasteiger partial charge is 0.368 e. The third kappa shape index (κ3) is 3.92. The molecule has 2 aromatic heterocycles. The van der Waals surface area contributed by atoms with Crippen molar-refractivity contribution in [3.63, 3.8) is 0 Å². The van der Waals surface area contributed by atoms with Crippen molar-refractivity contribution in [2.45, 2.75) is 5.03 Å². The molecule has 144 valence electrons. The van der Waals surface area contributed by atoms with Gasteiger partial charge in [-0.2, -0.15) is 0 Å². The lowest BCUT2D eigenvalue weighted by atomic mass is 10.2. The summed E-state index contributed by atoms with van der Waals surface area (Å²) in [6.07, 6.45) is 1.53. The number of thioether (sulfide) groups is 1. The summed E-state index contributed by atoms with van der Waals surface area (Å²) in [7, 11) is 0. The standard InChI is InChI=1S/C18H17N5O3S2/c24-16(11-28-18-17-15(5-10-27-17)19-12-20-18)22-8-6-21(7-9-22)13-1-3-14(4-2-13)23(25)26/h1-5,10,12H,6-9,11H2. The number of hydrogen-bond acceptors (Lipinski definition) is 8. The van der Waals surface area contributed by atoms with Crippen LogP contribution >= 0.6 is 23.1 Å². The summed E-state index contributed by atoms with van der Waals surface area (Å²) < 4.78 is 1.02. The highest BCUT2D eigenvalue weighted by molar-refractivity contribution is 8.00. The molecule has 1 amide bonds. The minimum absolute atomic E-state index is 0.0826. The Balaban J connectivity index is 1.31. The first-order valence-corrected chi connectivity index (χ1v) is 10.6. The predicted octanol–water partition coefficient (Wildman–Crippen LogP) is 3.04. The monoisotopic (exact) mass is 415 g/mol. The molecule has 8 nitrogen and oxygen atoms in total. The van der Waals surface area contributed by atoms with Gasteiger partial charge in [0.25, 0.3) is 5.69 Å². The zero-order valence-corrected chi connectivity index (χ0v) is 16.5. The van der Waals surface area contributed by atoms with Gasteiger partial charge in [-0.25, -0.2) is 9.97 Å². The van der Waals surface area contributed by atoms with Crippen LogP contribution in [0.3, 0.4) is 0 Å². The van der Waals surface area contributed by atoms with Crippen LogP contribution in [0.4, 0.5) is 11.4 Å². The number of anilines is 1. The van der Waals surface area contributed by atoms with Crippen molar-refractivity contribution in [1.29, 1.82) is 0 Å². The first-order chi connectivity index (χ1) is 13.6. The lowest BCUT2D eigenvalue weighted by molar-refractivity contribution is -0.384. The number of carbonyl (C=O) groups is 1. The Hall–Kier alpha value is -2.72. The molecule has 0 unspecified atom stereocenters. The van der Waals surface area contributed by atoms with E-state index in [0.29, 0.717) is 31.9 Å². The maximum Gasteiger partial charge on any atom is 0.269 e. The molecule has 4 rings (SSSR count). The van der Waals surface area contributed by atoms with Crippen molar-refractivity contribution in [2.24, 2.45) is 0 Å². The molecule has 0 N–H and O–H groups in total. The molecule has 1 fully saturated rings. The summed E-state index contributed by atoms with van der Waals surface area (Å²) in [5.74, 6) is 0.443. The summed E-state index contributed by atoms with van der Waals surface area (Å²) in [6, 6.07) is 8.48. The number of piperazine rings is 1. The van der Waals surface area contributed by atoms with Gasteiger partial charge in [-0.3, -0.25) is 14.9 Å². The molecule has 0 spiro atoms. The topological polar surface area (TPSA) is 92.5 Å². The average molecular weight is 416 g/mol. The molecule has 3 aromatic rings. The van der Waals surface area contributed by atoms with Gasteiger partial charge >= 0.3 is 0 Å². The molecule has 0 atom stereocenters. The van der Waals surface area contributed by atoms with E-state index in [1.807, 2.05) is 16.3 Å². The van der Waals surface area contributed by atoms with E-state index in [1.165, 1.54) is 30.2 Å². The molecule has 28 heavy (non-hydrogen) atoms. The van der Waals surface area contributed by atoms with Crippen molar-refractivity contribution >= 4 is 50.6 Å². The number of nitro benzene ring substituents is 1. The second kappa shape index (κ2) is 8.11. The molecule has 1 aliphatic rings. The van der Waals surface area contributed by atoms with Crippen LogP contribution in [0.25, 0.3) is 10.2 Å². The molecule has 3 heterocycles. The van der Waals surface area contributed by atoms with E-state index in [1.54, 1.807) is 23.5 Å². The van der Waals surface area contributed by atoms with Crippen molar-refractivity contribution in [3.8, 4) is 0 Å². The summed E-state index contributed by atoms with van der Waals surface area (Å²) in [5.41, 5.74) is 1.93. The summed E-state index contributed by atoms with van der Waals surface area (Å²) in [6.45, 7) is 2.68. The number of hydrogen-bond donors (Lipinski definition) is 0. The van der Waals surface area contributed by atoms with Crippen LogP contribution in [0.1, 0.15) is 0 Å². The zero-order chi connectivity index (χ0) is 19.5. The number of carbonyl (C=O) groups excluding carboxylic acids is 1. The molecule has 1 aromatic carbocycles. The van der Waals surface area contributed by atoms with Gasteiger partial charge in [-0.15, -0.1) is 11.3 Å². The Kier molecular flexibility index (Phi) is 5.40. The van der Waals surface area contributed by atoms with Crippen LogP contribution in [-0.2, 0) is 4.79 Å². The number of fused-ring (bicyclic) bond motifs is 1. The number of non-ortho nitro benzene ring substituents is 1. The molecular formula is C18H17N5O3S2. The summed E-state index contributed by atoms with van der Waals surface area (Å²) in [5, 5.41) is 13.6. The lowest BCUT2D eigenvalue weighted by Crippen LogP contribution is -2.49. The van der Waals surface area contributed by atoms with Crippen LogP contribution in [0, 0.1) is 10.1 Å². The fraction of sp³-hybridized carbons (Fsp3) is 0.278. The van der Waals surface area contributed by atoms with Gasteiger partial charge < -0.3 is 9.80 Å². The molecule has 0 aliphatic carbocycles. The van der Waals surface area contributed by atoms with Crippen molar-refractivity contribution in [3.05, 3.63) is 52.2 Å². The maximum absolute atomic E-state index is 12.6. The highest BCUT2D eigenvalue weighted by Gasteiger charge is 2.22. The van der Waals surface area contributed by atoms with Crippen LogP contribution < -0.4 is 4.90 Å². The maximum atomic E-state index is 12.6. The van der Waals surface area contributed by atoms with E-state index >= 15 is 0 Å². The van der Waals surface area contributed by atoms with E-state index in [9.17, 15) is 14.9 Å². The van der Waals surface area contributed by atoms with E-state index in [4.69, 9.17) is 0 Å². The van der Waals surface area contributed by atoms with E-state index in [0.717, 1.165) is 20.9 Å². The number of nitrogens with zero attached hydrogens (tertiary/aromatic N) is 5. The summed E-state index contributed by atoms with van der Waals surface area (Å²) in [4.78, 5) is 35.5. The smallest absolute Gasteiger partial charge is 0.269 e. The third-order valence-electron chi connectivity index (χ3n) is 4.60. The Labute approximate surface area is 169 Å². The second-order valence-electron chi connectivity index (χ2n) is 6.24. The number of amides is 1. The Bertz CT molecular complexity index is 1000. The molecule has 0 saturated carbocycles. The molecule has 0 radical (unpaired) electrons. The molecule has 10 heteroatoms. The fourth-order valence-electron chi connectivity index (χ4n) is 3.09. The number of benzene rings is 1. The summed E-state index contributed by atoms with van der Waals surface area (Å²) >= 11 is 3.03. The van der Waals surface area contributed by atoms with Crippen LogP contribution in [0.5, 0.6) is 0 Å².